The van der Waals surface area contributed by atoms with Crippen LogP contribution in [0.4, 0.5) is 5.13 Å². The number of carbonyl (C=O) groups is 1. The zero-order valence-corrected chi connectivity index (χ0v) is 17.4. The predicted octanol–water partition coefficient (Wildman–Crippen LogP) is 4.86. The van der Waals surface area contributed by atoms with E-state index in [0.29, 0.717) is 34.6 Å². The van der Waals surface area contributed by atoms with Crippen molar-refractivity contribution in [2.75, 3.05) is 31.1 Å². The summed E-state index contributed by atoms with van der Waals surface area (Å²) in [6.45, 7) is 2.87. The Balaban J connectivity index is 1.36. The van der Waals surface area contributed by atoms with Crippen LogP contribution in [0, 0.1) is 0 Å². The lowest BCUT2D eigenvalue weighted by atomic mass is 9.90. The summed E-state index contributed by atoms with van der Waals surface area (Å²) in [6, 6.07) is 5.03. The Morgan fingerprint density at radius 3 is 2.44 bits per heavy atom. The zero-order chi connectivity index (χ0) is 18.8. The summed E-state index contributed by atoms with van der Waals surface area (Å²) in [5.41, 5.74) is 0.577. The van der Waals surface area contributed by atoms with Crippen LogP contribution in [0.15, 0.2) is 18.2 Å². The SMILES string of the molecule is O=C(c1ccc(Cl)c(Cl)c1)N1CCN(c2nnc(C3CCCCC3)s2)CC1. The fraction of sp³-hybridized carbons (Fsp3) is 0.526. The summed E-state index contributed by atoms with van der Waals surface area (Å²) in [7, 11) is 0. The van der Waals surface area contributed by atoms with E-state index in [-0.39, 0.29) is 5.91 Å². The van der Waals surface area contributed by atoms with Gasteiger partial charge >= 0.3 is 0 Å². The molecule has 2 aliphatic rings. The van der Waals surface area contributed by atoms with Gasteiger partial charge in [0.25, 0.3) is 5.91 Å². The van der Waals surface area contributed by atoms with Gasteiger partial charge in [-0.15, -0.1) is 10.2 Å². The van der Waals surface area contributed by atoms with Crippen molar-refractivity contribution in [2.45, 2.75) is 38.0 Å². The summed E-state index contributed by atoms with van der Waals surface area (Å²) < 4.78 is 0. The molecular weight excluding hydrogens is 403 g/mol. The number of hydrogen-bond acceptors (Lipinski definition) is 5. The van der Waals surface area contributed by atoms with Crippen LogP contribution in [-0.2, 0) is 0 Å². The molecule has 0 spiro atoms. The molecule has 0 atom stereocenters. The Hall–Kier alpha value is -1.37. The first-order chi connectivity index (χ1) is 13.1. The minimum absolute atomic E-state index is 0.00613. The average molecular weight is 425 g/mol. The lowest BCUT2D eigenvalue weighted by Gasteiger charge is -2.34. The van der Waals surface area contributed by atoms with Crippen LogP contribution in [0.2, 0.25) is 10.0 Å². The molecule has 0 N–H and O–H groups in total. The molecule has 4 rings (SSSR count). The van der Waals surface area contributed by atoms with E-state index >= 15 is 0 Å². The predicted molar refractivity (Wildman–Crippen MR) is 110 cm³/mol. The molecule has 1 saturated heterocycles. The molecule has 1 aliphatic heterocycles. The second kappa shape index (κ2) is 8.33. The lowest BCUT2D eigenvalue weighted by Crippen LogP contribution is -2.48. The van der Waals surface area contributed by atoms with E-state index in [1.807, 2.05) is 4.90 Å². The summed E-state index contributed by atoms with van der Waals surface area (Å²) in [5.74, 6) is 0.580. The minimum Gasteiger partial charge on any atom is -0.343 e. The maximum Gasteiger partial charge on any atom is 0.254 e. The van der Waals surface area contributed by atoms with Gasteiger partial charge in [0.1, 0.15) is 5.01 Å². The van der Waals surface area contributed by atoms with Crippen molar-refractivity contribution in [3.05, 3.63) is 38.8 Å². The summed E-state index contributed by atoms with van der Waals surface area (Å²) in [6.07, 6.45) is 6.42. The Bertz CT molecular complexity index is 814. The molecule has 0 radical (unpaired) electrons. The van der Waals surface area contributed by atoms with Crippen LogP contribution in [0.3, 0.4) is 0 Å². The minimum atomic E-state index is -0.00613. The molecule has 1 aliphatic carbocycles. The Morgan fingerprint density at radius 2 is 1.74 bits per heavy atom. The van der Waals surface area contributed by atoms with E-state index in [9.17, 15) is 4.79 Å². The highest BCUT2D eigenvalue weighted by atomic mass is 35.5. The fourth-order valence-corrected chi connectivity index (χ4v) is 5.14. The Kier molecular flexibility index (Phi) is 5.85. The third-order valence-electron chi connectivity index (χ3n) is 5.39. The molecule has 1 amide bonds. The van der Waals surface area contributed by atoms with Crippen molar-refractivity contribution < 1.29 is 4.79 Å². The number of hydrogen-bond donors (Lipinski definition) is 0. The number of nitrogens with zero attached hydrogens (tertiary/aromatic N) is 4. The van der Waals surface area contributed by atoms with Gasteiger partial charge in [0.05, 0.1) is 10.0 Å². The third-order valence-corrected chi connectivity index (χ3v) is 7.27. The van der Waals surface area contributed by atoms with Gasteiger partial charge in [-0.3, -0.25) is 4.79 Å². The van der Waals surface area contributed by atoms with Crippen LogP contribution >= 0.6 is 34.5 Å². The Morgan fingerprint density at radius 1 is 1.00 bits per heavy atom. The molecule has 0 unspecified atom stereocenters. The summed E-state index contributed by atoms with van der Waals surface area (Å²) in [4.78, 5) is 16.8. The van der Waals surface area contributed by atoms with E-state index in [1.54, 1.807) is 29.5 Å². The highest BCUT2D eigenvalue weighted by molar-refractivity contribution is 7.15. The van der Waals surface area contributed by atoms with Gasteiger partial charge in [0.2, 0.25) is 5.13 Å². The smallest absolute Gasteiger partial charge is 0.254 e. The number of piperazine rings is 1. The second-order valence-electron chi connectivity index (χ2n) is 7.17. The van der Waals surface area contributed by atoms with Crippen LogP contribution in [0.25, 0.3) is 0 Å². The molecule has 1 saturated carbocycles. The molecule has 2 fully saturated rings. The number of amides is 1. The molecular formula is C19H22Cl2N4OS. The van der Waals surface area contributed by atoms with Gasteiger partial charge < -0.3 is 9.80 Å². The van der Waals surface area contributed by atoms with Crippen molar-refractivity contribution in [2.24, 2.45) is 0 Å². The lowest BCUT2D eigenvalue weighted by molar-refractivity contribution is 0.0746. The Labute approximate surface area is 173 Å². The second-order valence-corrected chi connectivity index (χ2v) is 8.97. The van der Waals surface area contributed by atoms with E-state index < -0.39 is 0 Å². The molecule has 2 aromatic rings. The number of rotatable bonds is 3. The van der Waals surface area contributed by atoms with Crippen molar-refractivity contribution >= 4 is 45.6 Å². The average Bonchev–Trinajstić information content (AvgIpc) is 3.21. The molecule has 1 aromatic heterocycles. The monoisotopic (exact) mass is 424 g/mol. The normalized spacial score (nSPS) is 18.7. The maximum atomic E-state index is 12.7. The summed E-state index contributed by atoms with van der Waals surface area (Å²) >= 11 is 13.7. The van der Waals surface area contributed by atoms with Crippen LogP contribution in [-0.4, -0.2) is 47.2 Å². The number of halogens is 2. The van der Waals surface area contributed by atoms with Crippen molar-refractivity contribution in [3.8, 4) is 0 Å². The molecule has 144 valence electrons. The largest absolute Gasteiger partial charge is 0.343 e. The van der Waals surface area contributed by atoms with Gasteiger partial charge in [-0.1, -0.05) is 53.8 Å². The molecule has 2 heterocycles. The van der Waals surface area contributed by atoms with Crippen LogP contribution in [0.1, 0.15) is 53.4 Å². The highest BCUT2D eigenvalue weighted by Crippen LogP contribution is 2.36. The first-order valence-electron chi connectivity index (χ1n) is 9.44. The van der Waals surface area contributed by atoms with Crippen molar-refractivity contribution in [1.82, 2.24) is 15.1 Å². The van der Waals surface area contributed by atoms with Crippen LogP contribution in [0.5, 0.6) is 0 Å². The molecule has 27 heavy (non-hydrogen) atoms. The fourth-order valence-electron chi connectivity index (χ4n) is 3.78. The number of aromatic nitrogens is 2. The molecule has 8 heteroatoms. The van der Waals surface area contributed by atoms with Crippen LogP contribution < -0.4 is 4.90 Å². The maximum absolute atomic E-state index is 12.7. The zero-order valence-electron chi connectivity index (χ0n) is 15.0. The number of benzene rings is 1. The van der Waals surface area contributed by atoms with Crippen molar-refractivity contribution in [3.63, 3.8) is 0 Å². The topological polar surface area (TPSA) is 49.3 Å². The molecule has 0 bridgehead atoms. The van der Waals surface area contributed by atoms with E-state index in [0.717, 1.165) is 18.2 Å². The number of carbonyl (C=O) groups excluding carboxylic acids is 1. The van der Waals surface area contributed by atoms with Gasteiger partial charge in [0.15, 0.2) is 0 Å². The number of anilines is 1. The first kappa shape index (κ1) is 19.0. The standard InChI is InChI=1S/C19H22Cl2N4OS/c20-15-7-6-14(12-16(15)21)18(26)24-8-10-25(11-9-24)19-23-22-17(27-19)13-4-2-1-3-5-13/h6-7,12-13H,1-5,8-11H2. The van der Waals surface area contributed by atoms with Gasteiger partial charge in [0, 0.05) is 37.7 Å². The van der Waals surface area contributed by atoms with E-state index in [1.165, 1.54) is 37.1 Å². The van der Waals surface area contributed by atoms with Crippen molar-refractivity contribution in [1.29, 1.82) is 0 Å². The first-order valence-corrected chi connectivity index (χ1v) is 11.0. The van der Waals surface area contributed by atoms with Gasteiger partial charge in [-0.2, -0.15) is 0 Å². The van der Waals surface area contributed by atoms with E-state index in [4.69, 9.17) is 23.2 Å². The van der Waals surface area contributed by atoms with E-state index in [2.05, 4.69) is 15.1 Å². The molecule has 5 nitrogen and oxygen atoms in total. The quantitative estimate of drug-likeness (QED) is 0.705. The van der Waals surface area contributed by atoms with Gasteiger partial charge in [-0.25, -0.2) is 0 Å². The highest BCUT2D eigenvalue weighted by Gasteiger charge is 2.26. The van der Waals surface area contributed by atoms with Gasteiger partial charge in [-0.05, 0) is 31.0 Å². The summed E-state index contributed by atoms with van der Waals surface area (Å²) in [5, 5.41) is 11.9. The third kappa shape index (κ3) is 4.23. The molecule has 1 aromatic carbocycles.